The molecule has 0 fully saturated rings. The molecule has 0 heterocycles. The quantitative estimate of drug-likeness (QED) is 0.626. The standard InChI is InChI=1S/C2H7NO2S.2ClH/c1-2-6(3,4)5;;/h2H2,1H3,(H2,3,4,5);2*1H. The number of rotatable bonds is 1. The fourth-order valence-electron chi connectivity index (χ4n) is 0. The molecule has 0 saturated carbocycles. The molecule has 0 bridgehead atoms. The molecule has 0 aliphatic heterocycles. The van der Waals surface area contributed by atoms with Gasteiger partial charge in [-0.2, -0.15) is 0 Å². The topological polar surface area (TPSA) is 60.2 Å². The third-order valence-electron chi connectivity index (χ3n) is 0.402. The number of sulfonamides is 1. The maximum absolute atomic E-state index is 9.78. The monoisotopic (exact) mass is 181 g/mol. The van der Waals surface area contributed by atoms with Crippen LogP contribution in [0.2, 0.25) is 0 Å². The summed E-state index contributed by atoms with van der Waals surface area (Å²) < 4.78 is 19.6. The predicted molar refractivity (Wildman–Crippen MR) is 38.1 cm³/mol. The van der Waals surface area contributed by atoms with Gasteiger partial charge < -0.3 is 0 Å². The van der Waals surface area contributed by atoms with Crippen LogP contribution >= 0.6 is 24.8 Å². The van der Waals surface area contributed by atoms with Crippen molar-refractivity contribution in [3.8, 4) is 0 Å². The van der Waals surface area contributed by atoms with Gasteiger partial charge in [0.1, 0.15) is 0 Å². The molecule has 0 atom stereocenters. The lowest BCUT2D eigenvalue weighted by Crippen LogP contribution is -2.13. The first-order valence-electron chi connectivity index (χ1n) is 1.56. The molecule has 8 heavy (non-hydrogen) atoms. The summed E-state index contributed by atoms with van der Waals surface area (Å²) in [4.78, 5) is 0. The lowest BCUT2D eigenvalue weighted by atomic mass is 11.0. The molecule has 0 spiro atoms. The molecule has 0 aliphatic rings. The first-order valence-corrected chi connectivity index (χ1v) is 3.28. The zero-order valence-electron chi connectivity index (χ0n) is 4.33. The molecule has 0 aromatic carbocycles. The molecule has 0 aromatic rings. The smallest absolute Gasteiger partial charge is 0.208 e. The summed E-state index contributed by atoms with van der Waals surface area (Å²) in [5.74, 6) is 0.0208. The largest absolute Gasteiger partial charge is 0.229 e. The summed E-state index contributed by atoms with van der Waals surface area (Å²) in [5, 5.41) is 4.51. The van der Waals surface area contributed by atoms with Crippen LogP contribution in [0.1, 0.15) is 6.92 Å². The second-order valence-corrected chi connectivity index (χ2v) is 2.85. The molecule has 0 rings (SSSR count). The van der Waals surface area contributed by atoms with Gasteiger partial charge in [0.05, 0.1) is 5.75 Å². The van der Waals surface area contributed by atoms with E-state index in [0.29, 0.717) is 0 Å². The van der Waals surface area contributed by atoms with E-state index in [9.17, 15) is 8.42 Å². The van der Waals surface area contributed by atoms with Crippen molar-refractivity contribution in [2.75, 3.05) is 5.75 Å². The molecule has 0 saturated heterocycles. The van der Waals surface area contributed by atoms with Gasteiger partial charge in [0.25, 0.3) is 0 Å². The van der Waals surface area contributed by atoms with Crippen molar-refractivity contribution in [2.45, 2.75) is 6.92 Å². The molecular formula is C2H9Cl2NO2S. The molecule has 0 unspecified atom stereocenters. The van der Waals surface area contributed by atoms with Crippen LogP contribution < -0.4 is 5.14 Å². The summed E-state index contributed by atoms with van der Waals surface area (Å²) in [5.41, 5.74) is 0. The normalized spacial score (nSPS) is 8.75. The van der Waals surface area contributed by atoms with Gasteiger partial charge in [0.15, 0.2) is 0 Å². The van der Waals surface area contributed by atoms with Crippen LogP contribution in [0, 0.1) is 0 Å². The Hall–Kier alpha value is 0.490. The van der Waals surface area contributed by atoms with E-state index in [1.807, 2.05) is 0 Å². The van der Waals surface area contributed by atoms with Gasteiger partial charge in [-0.1, -0.05) is 0 Å². The van der Waals surface area contributed by atoms with E-state index in [4.69, 9.17) is 0 Å². The summed E-state index contributed by atoms with van der Waals surface area (Å²) >= 11 is 0. The van der Waals surface area contributed by atoms with Gasteiger partial charge in [-0.15, -0.1) is 24.8 Å². The van der Waals surface area contributed by atoms with Crippen molar-refractivity contribution in [3.05, 3.63) is 0 Å². The van der Waals surface area contributed by atoms with Crippen LogP contribution in [0.5, 0.6) is 0 Å². The fourth-order valence-corrected chi connectivity index (χ4v) is 0. The lowest BCUT2D eigenvalue weighted by molar-refractivity contribution is 0.599. The second kappa shape index (κ2) is 5.62. The van der Waals surface area contributed by atoms with Gasteiger partial charge >= 0.3 is 0 Å². The van der Waals surface area contributed by atoms with E-state index in [1.165, 1.54) is 6.92 Å². The highest BCUT2D eigenvalue weighted by Gasteiger charge is 1.90. The first kappa shape index (κ1) is 15.8. The van der Waals surface area contributed by atoms with E-state index in [2.05, 4.69) is 5.14 Å². The Kier molecular flexibility index (Phi) is 11.1. The zero-order chi connectivity index (χ0) is 5.21. The summed E-state index contributed by atoms with van der Waals surface area (Å²) in [7, 11) is -3.16. The lowest BCUT2D eigenvalue weighted by Gasteiger charge is -1.81. The van der Waals surface area contributed by atoms with Crippen molar-refractivity contribution >= 4 is 34.8 Å². The van der Waals surface area contributed by atoms with Gasteiger partial charge in [-0.25, -0.2) is 13.6 Å². The van der Waals surface area contributed by atoms with Crippen LogP contribution in [0.3, 0.4) is 0 Å². The molecule has 0 amide bonds. The number of nitrogens with two attached hydrogens (primary N) is 1. The van der Waals surface area contributed by atoms with Gasteiger partial charge in [-0.3, -0.25) is 0 Å². The first-order chi connectivity index (χ1) is 2.56. The Balaban J connectivity index is -0.000000125. The molecular weight excluding hydrogens is 173 g/mol. The zero-order valence-corrected chi connectivity index (χ0v) is 6.78. The molecule has 0 aromatic heterocycles. The Morgan fingerprint density at radius 1 is 1.38 bits per heavy atom. The van der Waals surface area contributed by atoms with E-state index >= 15 is 0 Å². The van der Waals surface area contributed by atoms with Crippen molar-refractivity contribution in [3.63, 3.8) is 0 Å². The number of halogens is 2. The van der Waals surface area contributed by atoms with Crippen LogP contribution in [-0.4, -0.2) is 14.2 Å². The van der Waals surface area contributed by atoms with E-state index < -0.39 is 10.0 Å². The maximum atomic E-state index is 9.78. The van der Waals surface area contributed by atoms with Crippen LogP contribution in [0.4, 0.5) is 0 Å². The van der Waals surface area contributed by atoms with E-state index in [0.717, 1.165) is 0 Å². The number of hydrogen-bond acceptors (Lipinski definition) is 2. The Morgan fingerprint density at radius 2 is 1.50 bits per heavy atom. The molecule has 6 heteroatoms. The highest BCUT2D eigenvalue weighted by molar-refractivity contribution is 7.89. The molecule has 54 valence electrons. The Bertz CT molecular complexity index is 120. The van der Waals surface area contributed by atoms with E-state index in [1.54, 1.807) is 0 Å². The maximum Gasteiger partial charge on any atom is 0.208 e. The molecule has 0 aliphatic carbocycles. The second-order valence-electron chi connectivity index (χ2n) is 0.952. The SMILES string of the molecule is CCS(N)(=O)=O.Cl.Cl. The minimum Gasteiger partial charge on any atom is -0.229 e. The van der Waals surface area contributed by atoms with Crippen LogP contribution in [0.15, 0.2) is 0 Å². The summed E-state index contributed by atoms with van der Waals surface area (Å²) in [6.45, 7) is 1.50. The minimum atomic E-state index is -3.16. The number of primary sulfonamides is 1. The van der Waals surface area contributed by atoms with Gasteiger partial charge in [0, 0.05) is 0 Å². The third-order valence-corrected chi connectivity index (χ3v) is 1.21. The predicted octanol–water partition coefficient (Wildman–Crippen LogP) is 0.138. The number of hydrogen-bond donors (Lipinski definition) is 1. The average Bonchev–Trinajstić information content (AvgIpc) is 1.35. The van der Waals surface area contributed by atoms with E-state index in [-0.39, 0.29) is 30.6 Å². The van der Waals surface area contributed by atoms with Gasteiger partial charge in [-0.05, 0) is 6.92 Å². The van der Waals surface area contributed by atoms with Crippen molar-refractivity contribution in [1.29, 1.82) is 0 Å². The van der Waals surface area contributed by atoms with Crippen molar-refractivity contribution in [1.82, 2.24) is 0 Å². The highest BCUT2D eigenvalue weighted by atomic mass is 35.5. The summed E-state index contributed by atoms with van der Waals surface area (Å²) in [6, 6.07) is 0. The molecule has 0 radical (unpaired) electrons. The average molecular weight is 182 g/mol. The Labute approximate surface area is 61.5 Å². The van der Waals surface area contributed by atoms with Gasteiger partial charge in [0.2, 0.25) is 10.0 Å². The fraction of sp³-hybridized carbons (Fsp3) is 1.00. The van der Waals surface area contributed by atoms with Crippen LogP contribution in [0.25, 0.3) is 0 Å². The van der Waals surface area contributed by atoms with Crippen molar-refractivity contribution < 1.29 is 8.42 Å². The molecule has 3 nitrogen and oxygen atoms in total. The summed E-state index contributed by atoms with van der Waals surface area (Å²) in [6.07, 6.45) is 0. The Morgan fingerprint density at radius 3 is 1.50 bits per heavy atom. The third kappa shape index (κ3) is 16.1. The minimum absolute atomic E-state index is 0. The van der Waals surface area contributed by atoms with Crippen LogP contribution in [-0.2, 0) is 10.0 Å². The highest BCUT2D eigenvalue weighted by Crippen LogP contribution is 1.68. The molecule has 2 N–H and O–H groups in total. The van der Waals surface area contributed by atoms with Crippen molar-refractivity contribution in [2.24, 2.45) is 5.14 Å².